The highest BCUT2D eigenvalue weighted by atomic mass is 32.2. The number of aryl methyl sites for hydroxylation is 1. The molecule has 1 aliphatic heterocycles. The topological polar surface area (TPSA) is 69.7 Å². The van der Waals surface area contributed by atoms with E-state index in [-0.39, 0.29) is 21.7 Å². The van der Waals surface area contributed by atoms with Gasteiger partial charge in [0.05, 0.1) is 6.04 Å². The maximum atomic E-state index is 13.0. The molecule has 1 aliphatic rings. The van der Waals surface area contributed by atoms with Crippen molar-refractivity contribution in [2.24, 2.45) is 0 Å². The third-order valence-corrected chi connectivity index (χ3v) is 8.60. The van der Waals surface area contributed by atoms with Gasteiger partial charge in [0.25, 0.3) is 5.91 Å². The smallest absolute Gasteiger partial charge is 0.262 e. The molecule has 1 fully saturated rings. The third-order valence-electron chi connectivity index (χ3n) is 5.62. The molecule has 1 aromatic heterocycles. The molecule has 2 aromatic rings. The molecule has 8 heteroatoms. The van der Waals surface area contributed by atoms with Crippen molar-refractivity contribution >= 4 is 27.3 Å². The van der Waals surface area contributed by atoms with Crippen LogP contribution in [0, 0.1) is 0 Å². The molecule has 0 radical (unpaired) electrons. The first-order chi connectivity index (χ1) is 14.3. The van der Waals surface area contributed by atoms with Gasteiger partial charge in [-0.05, 0) is 55.9 Å². The molecule has 0 aliphatic carbocycles. The largest absolute Gasteiger partial charge is 0.349 e. The average molecular weight is 450 g/mol. The number of nitrogens with one attached hydrogen (secondary N) is 1. The number of hydrogen-bond acceptors (Lipinski definition) is 5. The van der Waals surface area contributed by atoms with Crippen LogP contribution in [-0.4, -0.2) is 57.3 Å². The lowest BCUT2D eigenvalue weighted by atomic mass is 10.0. The predicted molar refractivity (Wildman–Crippen MR) is 122 cm³/mol. The summed E-state index contributed by atoms with van der Waals surface area (Å²) in [6, 6.07) is 9.95. The van der Waals surface area contributed by atoms with Crippen LogP contribution in [0.1, 0.15) is 53.0 Å². The van der Waals surface area contributed by atoms with E-state index in [0.717, 1.165) is 31.2 Å². The van der Waals surface area contributed by atoms with Crippen LogP contribution in [0.15, 0.2) is 40.6 Å². The maximum Gasteiger partial charge on any atom is 0.262 e. The van der Waals surface area contributed by atoms with Crippen LogP contribution in [0.2, 0.25) is 0 Å². The molecule has 1 amide bonds. The summed E-state index contributed by atoms with van der Waals surface area (Å²) in [5, 5.41) is 4.64. The number of sulfonamides is 1. The van der Waals surface area contributed by atoms with E-state index < -0.39 is 10.0 Å². The molecule has 1 unspecified atom stereocenters. The lowest BCUT2D eigenvalue weighted by Gasteiger charge is -2.26. The summed E-state index contributed by atoms with van der Waals surface area (Å²) < 4.78 is 27.6. The minimum atomic E-state index is -3.64. The molecule has 0 saturated carbocycles. The van der Waals surface area contributed by atoms with Crippen LogP contribution < -0.4 is 5.32 Å². The standard InChI is InChI=1S/C22H31N3O3S2/c1-4-17-8-10-18(11-9-17)19(24(2)3)16-23-22(26)21-20(12-15-29-21)30(27,28)25-13-6-5-7-14-25/h8-12,15,19H,4-7,13-14,16H2,1-3H3,(H,23,26). The summed E-state index contributed by atoms with van der Waals surface area (Å²) in [7, 11) is 0.312. The van der Waals surface area contributed by atoms with E-state index in [2.05, 4.69) is 41.4 Å². The van der Waals surface area contributed by atoms with E-state index in [1.54, 1.807) is 11.4 Å². The zero-order valence-corrected chi connectivity index (χ0v) is 19.6. The van der Waals surface area contributed by atoms with Gasteiger partial charge in [0.1, 0.15) is 9.77 Å². The molecule has 1 atom stereocenters. The molecule has 0 bridgehead atoms. The summed E-state index contributed by atoms with van der Waals surface area (Å²) in [5.74, 6) is -0.336. The summed E-state index contributed by atoms with van der Waals surface area (Å²) in [6.07, 6.45) is 3.77. The van der Waals surface area contributed by atoms with Gasteiger partial charge in [0.15, 0.2) is 0 Å². The number of benzene rings is 1. The van der Waals surface area contributed by atoms with Gasteiger partial charge in [-0.3, -0.25) is 4.79 Å². The monoisotopic (exact) mass is 449 g/mol. The van der Waals surface area contributed by atoms with Crippen molar-refractivity contribution in [3.8, 4) is 0 Å². The number of amides is 1. The Balaban J connectivity index is 1.73. The second-order valence-electron chi connectivity index (χ2n) is 7.86. The van der Waals surface area contributed by atoms with E-state index in [4.69, 9.17) is 0 Å². The second-order valence-corrected chi connectivity index (χ2v) is 10.7. The zero-order valence-electron chi connectivity index (χ0n) is 17.9. The first-order valence-corrected chi connectivity index (χ1v) is 12.8. The van der Waals surface area contributed by atoms with Crippen LogP contribution in [0.25, 0.3) is 0 Å². The molecule has 3 rings (SSSR count). The number of piperidine rings is 1. The number of thiophene rings is 1. The van der Waals surface area contributed by atoms with Crippen molar-refractivity contribution in [3.05, 3.63) is 51.7 Å². The van der Waals surface area contributed by atoms with Crippen LogP contribution in [0.3, 0.4) is 0 Å². The lowest BCUT2D eigenvalue weighted by molar-refractivity contribution is 0.0943. The molecule has 0 spiro atoms. The Labute approximate surface area is 183 Å². The van der Waals surface area contributed by atoms with Crippen LogP contribution in [0.5, 0.6) is 0 Å². The molecular weight excluding hydrogens is 418 g/mol. The molecule has 6 nitrogen and oxygen atoms in total. The summed E-state index contributed by atoms with van der Waals surface area (Å²) >= 11 is 1.18. The zero-order chi connectivity index (χ0) is 21.7. The Bertz CT molecular complexity index is 946. The van der Waals surface area contributed by atoms with Gasteiger partial charge >= 0.3 is 0 Å². The van der Waals surface area contributed by atoms with Crippen molar-refractivity contribution in [1.29, 1.82) is 0 Å². The quantitative estimate of drug-likeness (QED) is 0.670. The number of carbonyl (C=O) groups excluding carboxylic acids is 1. The fraction of sp³-hybridized carbons (Fsp3) is 0.500. The Morgan fingerprint density at radius 1 is 1.13 bits per heavy atom. The van der Waals surface area contributed by atoms with Gasteiger partial charge < -0.3 is 10.2 Å². The van der Waals surface area contributed by atoms with Crippen molar-refractivity contribution in [2.45, 2.75) is 43.5 Å². The Kier molecular flexibility index (Phi) is 7.68. The molecule has 1 saturated heterocycles. The van der Waals surface area contributed by atoms with E-state index in [9.17, 15) is 13.2 Å². The molecule has 2 heterocycles. The highest BCUT2D eigenvalue weighted by molar-refractivity contribution is 7.89. The van der Waals surface area contributed by atoms with Gasteiger partial charge in [-0.25, -0.2) is 8.42 Å². The third kappa shape index (κ3) is 5.11. The van der Waals surface area contributed by atoms with Gasteiger partial charge in [-0.15, -0.1) is 11.3 Å². The van der Waals surface area contributed by atoms with E-state index >= 15 is 0 Å². The highest BCUT2D eigenvalue weighted by Gasteiger charge is 2.31. The first-order valence-electron chi connectivity index (χ1n) is 10.5. The van der Waals surface area contributed by atoms with Gasteiger partial charge in [-0.2, -0.15) is 4.31 Å². The number of carbonyl (C=O) groups is 1. The first kappa shape index (κ1) is 22.9. The normalized spacial score (nSPS) is 16.5. The van der Waals surface area contributed by atoms with E-state index in [0.29, 0.717) is 19.6 Å². The number of rotatable bonds is 8. The van der Waals surface area contributed by atoms with Crippen LogP contribution >= 0.6 is 11.3 Å². The summed E-state index contributed by atoms with van der Waals surface area (Å²) in [6.45, 7) is 3.57. The van der Waals surface area contributed by atoms with Crippen LogP contribution in [0.4, 0.5) is 0 Å². The van der Waals surface area contributed by atoms with E-state index in [1.807, 2.05) is 14.1 Å². The Hall–Kier alpha value is -1.74. The Morgan fingerprint density at radius 3 is 2.40 bits per heavy atom. The predicted octanol–water partition coefficient (Wildman–Crippen LogP) is 3.52. The van der Waals surface area contributed by atoms with Gasteiger partial charge in [0.2, 0.25) is 10.0 Å². The minimum absolute atomic E-state index is 0.00182. The molecule has 1 aromatic carbocycles. The average Bonchev–Trinajstić information content (AvgIpc) is 3.25. The van der Waals surface area contributed by atoms with Crippen LogP contribution in [-0.2, 0) is 16.4 Å². The molecule has 1 N–H and O–H groups in total. The number of hydrogen-bond donors (Lipinski definition) is 1. The number of nitrogens with zero attached hydrogens (tertiary/aromatic N) is 2. The Morgan fingerprint density at radius 2 is 1.80 bits per heavy atom. The molecule has 164 valence electrons. The lowest BCUT2D eigenvalue weighted by Crippen LogP contribution is -2.37. The fourth-order valence-corrected chi connectivity index (χ4v) is 6.59. The van der Waals surface area contributed by atoms with Crippen molar-refractivity contribution in [2.75, 3.05) is 33.7 Å². The van der Waals surface area contributed by atoms with Gasteiger partial charge in [0, 0.05) is 19.6 Å². The minimum Gasteiger partial charge on any atom is -0.349 e. The number of likely N-dealkylation sites (N-methyl/N-ethyl adjacent to an activating group) is 1. The summed E-state index contributed by atoms with van der Waals surface area (Å²) in [5.41, 5.74) is 2.39. The molecular formula is C22H31N3O3S2. The summed E-state index contributed by atoms with van der Waals surface area (Å²) in [4.78, 5) is 15.4. The molecule has 30 heavy (non-hydrogen) atoms. The van der Waals surface area contributed by atoms with E-state index in [1.165, 1.54) is 21.2 Å². The van der Waals surface area contributed by atoms with Crippen molar-refractivity contribution in [3.63, 3.8) is 0 Å². The van der Waals surface area contributed by atoms with Gasteiger partial charge in [-0.1, -0.05) is 37.6 Å². The van der Waals surface area contributed by atoms with Crippen molar-refractivity contribution in [1.82, 2.24) is 14.5 Å². The highest BCUT2D eigenvalue weighted by Crippen LogP contribution is 2.27. The fourth-order valence-electron chi connectivity index (χ4n) is 3.75. The SMILES string of the molecule is CCc1ccc(C(CNC(=O)c2sccc2S(=O)(=O)N2CCCCC2)N(C)C)cc1. The van der Waals surface area contributed by atoms with Crippen molar-refractivity contribution < 1.29 is 13.2 Å². The maximum absolute atomic E-state index is 13.0. The second kappa shape index (κ2) is 10.0.